The van der Waals surface area contributed by atoms with E-state index in [-0.39, 0.29) is 34.0 Å². The Hall–Kier alpha value is -2.61. The number of hydrogen-bond acceptors (Lipinski definition) is 6. The van der Waals surface area contributed by atoms with Gasteiger partial charge in [0.15, 0.2) is 10.9 Å². The quantitative estimate of drug-likeness (QED) is 0.579. The zero-order chi connectivity index (χ0) is 17.5. The molecule has 1 heterocycles. The van der Waals surface area contributed by atoms with Crippen LogP contribution in [-0.4, -0.2) is 34.5 Å². The number of nitrogens with one attached hydrogen (secondary N) is 2. The summed E-state index contributed by atoms with van der Waals surface area (Å²) >= 11 is 1.05. The molecule has 1 aromatic heterocycles. The number of aromatic nitrogens is 2. The molecule has 0 unspecified atom stereocenters. The molecular formula is C16H17N3O4S. The lowest BCUT2D eigenvalue weighted by Gasteiger charge is -2.16. The first kappa shape index (κ1) is 17.7. The van der Waals surface area contributed by atoms with Crippen molar-refractivity contribution < 1.29 is 14.3 Å². The third kappa shape index (κ3) is 4.95. The van der Waals surface area contributed by atoms with Gasteiger partial charge in [0.1, 0.15) is 6.04 Å². The van der Waals surface area contributed by atoms with Crippen molar-refractivity contribution in [3.63, 3.8) is 0 Å². The van der Waals surface area contributed by atoms with Crippen LogP contribution in [0.2, 0.25) is 0 Å². The Bertz CT molecular complexity index is 776. The van der Waals surface area contributed by atoms with Gasteiger partial charge in [-0.15, -0.1) is 0 Å². The van der Waals surface area contributed by atoms with Crippen molar-refractivity contribution in [2.24, 2.45) is 0 Å². The third-order valence-electron chi connectivity index (χ3n) is 3.09. The topological polar surface area (TPSA) is 101 Å². The van der Waals surface area contributed by atoms with Gasteiger partial charge in [-0.25, -0.2) is 0 Å². The molecule has 0 bridgehead atoms. The van der Waals surface area contributed by atoms with Gasteiger partial charge in [0.2, 0.25) is 11.8 Å². The summed E-state index contributed by atoms with van der Waals surface area (Å²) in [4.78, 5) is 41.9. The number of thioether (sulfide) groups is 1. The maximum Gasteiger partial charge on any atom is 0.255 e. The largest absolute Gasteiger partial charge is 0.481 e. The minimum absolute atomic E-state index is 0.00667. The Kier molecular flexibility index (Phi) is 6.14. The smallest absolute Gasteiger partial charge is 0.255 e. The first-order valence-electron chi connectivity index (χ1n) is 7.12. The maximum absolute atomic E-state index is 12.1. The van der Waals surface area contributed by atoms with Crippen molar-refractivity contribution >= 4 is 23.5 Å². The van der Waals surface area contributed by atoms with Crippen LogP contribution in [0.15, 0.2) is 46.3 Å². The predicted molar refractivity (Wildman–Crippen MR) is 90.1 cm³/mol. The number of hydrogen-bond donors (Lipinski definition) is 2. The maximum atomic E-state index is 12.1. The molecule has 2 N–H and O–H groups in total. The summed E-state index contributed by atoms with van der Waals surface area (Å²) in [7, 11) is 1.40. The fraction of sp³-hybridized carbons (Fsp3) is 0.250. The Labute approximate surface area is 142 Å². The summed E-state index contributed by atoms with van der Waals surface area (Å²) in [6.07, 6.45) is 0. The summed E-state index contributed by atoms with van der Waals surface area (Å²) in [5.74, 6) is -0.318. The number of carbonyl (C=O) groups excluding carboxylic acids is 2. The minimum atomic E-state index is -0.698. The molecule has 7 nitrogen and oxygen atoms in total. The number of amides is 1. The van der Waals surface area contributed by atoms with Gasteiger partial charge in [-0.1, -0.05) is 42.1 Å². The molecule has 24 heavy (non-hydrogen) atoms. The van der Waals surface area contributed by atoms with E-state index in [0.29, 0.717) is 0 Å². The molecule has 0 saturated carbocycles. The second-order valence-electron chi connectivity index (χ2n) is 4.90. The molecule has 1 atom stereocenters. The number of carbonyl (C=O) groups is 2. The van der Waals surface area contributed by atoms with Crippen molar-refractivity contribution in [1.82, 2.24) is 15.3 Å². The fourth-order valence-electron chi connectivity index (χ4n) is 1.99. The van der Waals surface area contributed by atoms with E-state index in [2.05, 4.69) is 15.3 Å². The summed E-state index contributed by atoms with van der Waals surface area (Å²) in [6, 6.07) is 9.51. The van der Waals surface area contributed by atoms with Crippen LogP contribution in [0.1, 0.15) is 18.5 Å². The van der Waals surface area contributed by atoms with E-state index in [1.165, 1.54) is 20.1 Å². The monoisotopic (exact) mass is 347 g/mol. The first-order chi connectivity index (χ1) is 11.5. The zero-order valence-corrected chi connectivity index (χ0v) is 14.1. The van der Waals surface area contributed by atoms with Gasteiger partial charge in [-0.3, -0.25) is 14.4 Å². The van der Waals surface area contributed by atoms with Crippen LogP contribution in [0, 0.1) is 0 Å². The average Bonchev–Trinajstić information content (AvgIpc) is 2.57. The number of H-pyrrole nitrogens is 1. The molecule has 2 rings (SSSR count). The second-order valence-corrected chi connectivity index (χ2v) is 5.87. The molecule has 0 aliphatic rings. The molecule has 2 aromatic rings. The number of aromatic amines is 1. The SMILES string of the molecule is COc1cc(=O)[nH]c(SCC(=O)N[C@@H](C(C)=O)c2ccccc2)n1. The molecule has 0 aliphatic heterocycles. The van der Waals surface area contributed by atoms with E-state index in [1.54, 1.807) is 24.3 Å². The summed E-state index contributed by atoms with van der Waals surface area (Å²) < 4.78 is 4.91. The lowest BCUT2D eigenvalue weighted by Crippen LogP contribution is -2.34. The van der Waals surface area contributed by atoms with Crippen molar-refractivity contribution in [3.05, 3.63) is 52.3 Å². The molecule has 0 saturated heterocycles. The highest BCUT2D eigenvalue weighted by Gasteiger charge is 2.19. The predicted octanol–water partition coefficient (Wildman–Crippen LogP) is 1.32. The van der Waals surface area contributed by atoms with Crippen molar-refractivity contribution in [2.45, 2.75) is 18.1 Å². The average molecular weight is 347 g/mol. The van der Waals surface area contributed by atoms with Gasteiger partial charge >= 0.3 is 0 Å². The third-order valence-corrected chi connectivity index (χ3v) is 3.96. The molecule has 1 amide bonds. The fourth-order valence-corrected chi connectivity index (χ4v) is 2.67. The lowest BCUT2D eigenvalue weighted by atomic mass is 10.0. The van der Waals surface area contributed by atoms with Crippen LogP contribution in [0.25, 0.3) is 0 Å². The molecule has 126 valence electrons. The number of benzene rings is 1. The molecule has 0 spiro atoms. The van der Waals surface area contributed by atoms with E-state index in [4.69, 9.17) is 4.74 Å². The Morgan fingerprint density at radius 2 is 2.04 bits per heavy atom. The summed E-state index contributed by atoms with van der Waals surface area (Å²) in [5.41, 5.74) is 0.354. The Morgan fingerprint density at radius 1 is 1.33 bits per heavy atom. The number of rotatable bonds is 7. The Morgan fingerprint density at radius 3 is 2.67 bits per heavy atom. The zero-order valence-electron chi connectivity index (χ0n) is 13.2. The van der Waals surface area contributed by atoms with E-state index in [0.717, 1.165) is 17.3 Å². The molecule has 0 aliphatic carbocycles. The van der Waals surface area contributed by atoms with Gasteiger partial charge in [0.05, 0.1) is 18.9 Å². The van der Waals surface area contributed by atoms with Crippen molar-refractivity contribution in [2.75, 3.05) is 12.9 Å². The second kappa shape index (κ2) is 8.30. The first-order valence-corrected chi connectivity index (χ1v) is 8.11. The van der Waals surface area contributed by atoms with Crippen LogP contribution in [0.3, 0.4) is 0 Å². The van der Waals surface area contributed by atoms with E-state index >= 15 is 0 Å². The minimum Gasteiger partial charge on any atom is -0.481 e. The molecule has 8 heteroatoms. The number of ketones is 1. The number of nitrogens with zero attached hydrogens (tertiary/aromatic N) is 1. The van der Waals surface area contributed by atoms with Crippen LogP contribution >= 0.6 is 11.8 Å². The molecular weight excluding hydrogens is 330 g/mol. The van der Waals surface area contributed by atoms with Crippen LogP contribution in [0.5, 0.6) is 5.88 Å². The van der Waals surface area contributed by atoms with Gasteiger partial charge in [0.25, 0.3) is 5.56 Å². The summed E-state index contributed by atoms with van der Waals surface area (Å²) in [6.45, 7) is 1.42. The molecule has 1 aromatic carbocycles. The standard InChI is InChI=1S/C16H17N3O4S/c1-10(20)15(11-6-4-3-5-7-11)17-13(22)9-24-16-18-12(21)8-14(19-16)23-2/h3-8,15H,9H2,1-2H3,(H,17,22)(H,18,19,21)/t15-/m0/s1. The van der Waals surface area contributed by atoms with Crippen LogP contribution < -0.4 is 15.6 Å². The van der Waals surface area contributed by atoms with E-state index in [9.17, 15) is 14.4 Å². The van der Waals surface area contributed by atoms with Gasteiger partial charge < -0.3 is 15.0 Å². The van der Waals surface area contributed by atoms with Gasteiger partial charge in [-0.2, -0.15) is 4.98 Å². The number of ether oxygens (including phenoxy) is 1. The van der Waals surface area contributed by atoms with E-state index < -0.39 is 6.04 Å². The van der Waals surface area contributed by atoms with Crippen molar-refractivity contribution in [1.29, 1.82) is 0 Å². The Balaban J connectivity index is 2.00. The van der Waals surface area contributed by atoms with Crippen LogP contribution in [-0.2, 0) is 9.59 Å². The highest BCUT2D eigenvalue weighted by Crippen LogP contribution is 2.16. The van der Waals surface area contributed by atoms with E-state index in [1.807, 2.05) is 6.07 Å². The lowest BCUT2D eigenvalue weighted by molar-refractivity contribution is -0.125. The molecule has 0 fully saturated rings. The summed E-state index contributed by atoms with van der Waals surface area (Å²) in [5, 5.41) is 2.96. The number of Topliss-reactive ketones (excluding diaryl/α,β-unsaturated/α-hetero) is 1. The normalized spacial score (nSPS) is 11.6. The van der Waals surface area contributed by atoms with Crippen LogP contribution in [0.4, 0.5) is 0 Å². The van der Waals surface area contributed by atoms with Gasteiger partial charge in [-0.05, 0) is 12.5 Å². The number of methoxy groups -OCH3 is 1. The highest BCUT2D eigenvalue weighted by molar-refractivity contribution is 7.99. The molecule has 0 radical (unpaired) electrons. The van der Waals surface area contributed by atoms with Gasteiger partial charge in [0, 0.05) is 0 Å². The highest BCUT2D eigenvalue weighted by atomic mass is 32.2. The van der Waals surface area contributed by atoms with Crippen molar-refractivity contribution in [3.8, 4) is 5.88 Å².